The number of benzene rings is 1. The second-order valence-electron chi connectivity index (χ2n) is 5.10. The van der Waals surface area contributed by atoms with Gasteiger partial charge < -0.3 is 5.32 Å². The Labute approximate surface area is 132 Å². The third-order valence-electron chi connectivity index (χ3n) is 3.27. The highest BCUT2D eigenvalue weighted by Gasteiger charge is 2.16. The summed E-state index contributed by atoms with van der Waals surface area (Å²) in [7, 11) is 0. The maximum atomic E-state index is 12.3. The van der Waals surface area contributed by atoms with Crippen molar-refractivity contribution in [3.05, 3.63) is 52.1 Å². The first-order valence-corrected chi connectivity index (χ1v) is 7.10. The van der Waals surface area contributed by atoms with Gasteiger partial charge in [0.2, 0.25) is 5.82 Å². The Balaban J connectivity index is 1.95. The molecule has 2 heterocycles. The van der Waals surface area contributed by atoms with Crippen LogP contribution < -0.4 is 5.32 Å². The number of aryl methyl sites for hydroxylation is 3. The van der Waals surface area contributed by atoms with E-state index in [4.69, 9.17) is 11.6 Å². The van der Waals surface area contributed by atoms with Crippen LogP contribution in [0.1, 0.15) is 27.6 Å². The van der Waals surface area contributed by atoms with Gasteiger partial charge in [-0.3, -0.25) is 4.79 Å². The molecule has 0 radical (unpaired) electrons. The Bertz CT molecular complexity index is 887. The van der Waals surface area contributed by atoms with Gasteiger partial charge >= 0.3 is 0 Å². The van der Waals surface area contributed by atoms with E-state index < -0.39 is 5.91 Å². The van der Waals surface area contributed by atoms with E-state index in [1.807, 2.05) is 32.9 Å². The molecule has 22 heavy (non-hydrogen) atoms. The smallest absolute Gasteiger partial charge is 0.295 e. The first-order valence-electron chi connectivity index (χ1n) is 6.72. The third kappa shape index (κ3) is 2.65. The van der Waals surface area contributed by atoms with Gasteiger partial charge in [0.05, 0.1) is 0 Å². The number of nitrogens with one attached hydrogen (secondary N) is 1. The summed E-state index contributed by atoms with van der Waals surface area (Å²) >= 11 is 5.95. The summed E-state index contributed by atoms with van der Waals surface area (Å²) in [6.07, 6.45) is 0. The number of carbonyl (C=O) groups is 1. The van der Waals surface area contributed by atoms with E-state index in [1.54, 1.807) is 16.6 Å². The van der Waals surface area contributed by atoms with E-state index in [0.717, 1.165) is 17.0 Å². The number of amides is 1. The van der Waals surface area contributed by atoms with Crippen LogP contribution >= 0.6 is 11.6 Å². The fraction of sp³-hybridized carbons (Fsp3) is 0.200. The summed E-state index contributed by atoms with van der Waals surface area (Å²) in [6.45, 7) is 5.65. The number of aromatic nitrogens is 4. The number of halogens is 1. The standard InChI is InChI=1S/C15H14ClN5O/c1-8-4-5-11(16)7-12(8)18-14(22)13-19-15-17-9(2)6-10(3)21(15)20-13/h4-7H,1-3H3,(H,18,22). The highest BCUT2D eigenvalue weighted by Crippen LogP contribution is 2.20. The van der Waals surface area contributed by atoms with E-state index in [1.165, 1.54) is 0 Å². The predicted octanol–water partition coefficient (Wildman–Crippen LogP) is 2.96. The second kappa shape index (κ2) is 5.38. The van der Waals surface area contributed by atoms with Crippen molar-refractivity contribution in [2.24, 2.45) is 0 Å². The molecule has 3 aromatic rings. The summed E-state index contributed by atoms with van der Waals surface area (Å²) in [5, 5.41) is 7.53. The van der Waals surface area contributed by atoms with Gasteiger partial charge in [0.25, 0.3) is 11.7 Å². The van der Waals surface area contributed by atoms with Crippen LogP contribution in [0.3, 0.4) is 0 Å². The Kier molecular flexibility index (Phi) is 3.54. The number of hydrogen-bond donors (Lipinski definition) is 1. The van der Waals surface area contributed by atoms with E-state index in [9.17, 15) is 4.79 Å². The van der Waals surface area contributed by atoms with Crippen molar-refractivity contribution in [1.82, 2.24) is 19.6 Å². The molecule has 0 aliphatic heterocycles. The zero-order chi connectivity index (χ0) is 15.9. The monoisotopic (exact) mass is 315 g/mol. The largest absolute Gasteiger partial charge is 0.319 e. The maximum Gasteiger partial charge on any atom is 0.295 e. The molecule has 7 heteroatoms. The molecule has 1 amide bonds. The number of hydrogen-bond acceptors (Lipinski definition) is 4. The number of rotatable bonds is 2. The SMILES string of the molecule is Cc1cc(C)n2nc(C(=O)Nc3cc(Cl)ccc3C)nc2n1. The molecule has 2 aromatic heterocycles. The zero-order valence-electron chi connectivity index (χ0n) is 12.4. The van der Waals surface area contributed by atoms with Crippen LogP contribution in [0.25, 0.3) is 5.78 Å². The van der Waals surface area contributed by atoms with E-state index >= 15 is 0 Å². The molecule has 6 nitrogen and oxygen atoms in total. The van der Waals surface area contributed by atoms with Gasteiger partial charge in [-0.25, -0.2) is 9.50 Å². The van der Waals surface area contributed by atoms with Gasteiger partial charge in [-0.1, -0.05) is 17.7 Å². The normalized spacial score (nSPS) is 10.9. The topological polar surface area (TPSA) is 72.2 Å². The fourth-order valence-electron chi connectivity index (χ4n) is 2.17. The Morgan fingerprint density at radius 3 is 2.73 bits per heavy atom. The number of anilines is 1. The van der Waals surface area contributed by atoms with Gasteiger partial charge in [-0.2, -0.15) is 4.98 Å². The lowest BCUT2D eigenvalue weighted by Gasteiger charge is -2.06. The Hall–Kier alpha value is -2.47. The molecule has 112 valence electrons. The van der Waals surface area contributed by atoms with Crippen molar-refractivity contribution in [3.63, 3.8) is 0 Å². The van der Waals surface area contributed by atoms with Crippen molar-refractivity contribution in [3.8, 4) is 0 Å². The van der Waals surface area contributed by atoms with Gasteiger partial charge in [-0.15, -0.1) is 5.10 Å². The van der Waals surface area contributed by atoms with Crippen LogP contribution in [0.5, 0.6) is 0 Å². The highest BCUT2D eigenvalue weighted by atomic mass is 35.5. The Morgan fingerprint density at radius 2 is 1.95 bits per heavy atom. The number of fused-ring (bicyclic) bond motifs is 1. The average Bonchev–Trinajstić information content (AvgIpc) is 2.87. The molecule has 0 unspecified atom stereocenters. The molecule has 0 fully saturated rings. The van der Waals surface area contributed by atoms with Crippen molar-refractivity contribution in [2.45, 2.75) is 20.8 Å². The van der Waals surface area contributed by atoms with Gasteiger partial charge in [0.1, 0.15) is 0 Å². The van der Waals surface area contributed by atoms with Crippen LogP contribution in [-0.2, 0) is 0 Å². The molecule has 0 saturated heterocycles. The average molecular weight is 316 g/mol. The minimum atomic E-state index is -0.395. The molecule has 0 saturated carbocycles. The summed E-state index contributed by atoms with van der Waals surface area (Å²) in [5.74, 6) is 0.0824. The maximum absolute atomic E-state index is 12.3. The molecule has 0 spiro atoms. The summed E-state index contributed by atoms with van der Waals surface area (Å²) in [4.78, 5) is 20.8. The van der Waals surface area contributed by atoms with Crippen molar-refractivity contribution >= 4 is 29.0 Å². The minimum absolute atomic E-state index is 0.0700. The third-order valence-corrected chi connectivity index (χ3v) is 3.50. The first kappa shape index (κ1) is 14.5. The molecule has 1 N–H and O–H groups in total. The molecule has 0 atom stereocenters. The first-order chi connectivity index (χ1) is 10.4. The lowest BCUT2D eigenvalue weighted by molar-refractivity contribution is 0.101. The lowest BCUT2D eigenvalue weighted by Crippen LogP contribution is -2.14. The van der Waals surface area contributed by atoms with Gasteiger partial charge in [0, 0.05) is 22.1 Å². The second-order valence-corrected chi connectivity index (χ2v) is 5.54. The Morgan fingerprint density at radius 1 is 1.18 bits per heavy atom. The molecule has 0 aliphatic carbocycles. The molecule has 0 aliphatic rings. The molecule has 1 aromatic carbocycles. The van der Waals surface area contributed by atoms with E-state index in [0.29, 0.717) is 16.5 Å². The number of nitrogens with zero attached hydrogens (tertiary/aromatic N) is 4. The van der Waals surface area contributed by atoms with Crippen molar-refractivity contribution < 1.29 is 4.79 Å². The van der Waals surface area contributed by atoms with Gasteiger partial charge in [0.15, 0.2) is 0 Å². The fourth-order valence-corrected chi connectivity index (χ4v) is 2.34. The van der Waals surface area contributed by atoms with Crippen LogP contribution in [0.2, 0.25) is 5.02 Å². The van der Waals surface area contributed by atoms with E-state index in [-0.39, 0.29) is 5.82 Å². The van der Waals surface area contributed by atoms with Crippen LogP contribution in [0.15, 0.2) is 24.3 Å². The summed E-state index contributed by atoms with van der Waals surface area (Å²) < 4.78 is 1.55. The van der Waals surface area contributed by atoms with Gasteiger partial charge in [-0.05, 0) is 44.5 Å². The lowest BCUT2D eigenvalue weighted by atomic mass is 10.2. The van der Waals surface area contributed by atoms with Crippen molar-refractivity contribution in [1.29, 1.82) is 0 Å². The summed E-state index contributed by atoms with van der Waals surface area (Å²) in [6, 6.07) is 7.18. The molecular formula is C15H14ClN5O. The van der Waals surface area contributed by atoms with Crippen LogP contribution in [0.4, 0.5) is 5.69 Å². The van der Waals surface area contributed by atoms with Crippen molar-refractivity contribution in [2.75, 3.05) is 5.32 Å². The zero-order valence-corrected chi connectivity index (χ0v) is 13.1. The predicted molar refractivity (Wildman–Crippen MR) is 84.4 cm³/mol. The quantitative estimate of drug-likeness (QED) is 0.789. The molecular weight excluding hydrogens is 302 g/mol. The molecule has 3 rings (SSSR count). The number of carbonyl (C=O) groups excluding carboxylic acids is 1. The molecule has 0 bridgehead atoms. The highest BCUT2D eigenvalue weighted by molar-refractivity contribution is 6.31. The summed E-state index contributed by atoms with van der Waals surface area (Å²) in [5.41, 5.74) is 3.24. The van der Waals surface area contributed by atoms with E-state index in [2.05, 4.69) is 20.4 Å². The van der Waals surface area contributed by atoms with Crippen LogP contribution in [-0.4, -0.2) is 25.5 Å². The van der Waals surface area contributed by atoms with Crippen LogP contribution in [0, 0.1) is 20.8 Å². The minimum Gasteiger partial charge on any atom is -0.319 e.